The molecule has 17 heavy (non-hydrogen) atoms. The molecule has 0 saturated carbocycles. The average Bonchev–Trinajstić information content (AvgIpc) is 2.40. The average molecular weight is 226 g/mol. The van der Waals surface area contributed by atoms with Crippen LogP contribution in [0.1, 0.15) is 29.9 Å². The fourth-order valence-corrected chi connectivity index (χ4v) is 1.72. The van der Waals surface area contributed by atoms with Gasteiger partial charge < -0.3 is 0 Å². The normalized spacial score (nSPS) is 11.2. The fourth-order valence-electron chi connectivity index (χ4n) is 1.72. The lowest BCUT2D eigenvalue weighted by Crippen LogP contribution is -2.29. The van der Waals surface area contributed by atoms with Crippen molar-refractivity contribution in [2.24, 2.45) is 0 Å². The number of ketones is 1. The van der Waals surface area contributed by atoms with E-state index in [0.717, 1.165) is 5.56 Å². The first-order valence-corrected chi connectivity index (χ1v) is 5.49. The molecule has 0 radical (unpaired) electrons. The van der Waals surface area contributed by atoms with E-state index < -0.39 is 5.41 Å². The molecule has 1 aromatic carbocycles. The third-order valence-corrected chi connectivity index (χ3v) is 2.86. The minimum atomic E-state index is -0.586. The van der Waals surface area contributed by atoms with Crippen molar-refractivity contribution in [1.29, 1.82) is 0 Å². The molecular formula is C14H14N2O. The van der Waals surface area contributed by atoms with Gasteiger partial charge in [0.25, 0.3) is 0 Å². The number of nitrogens with zero attached hydrogens (tertiary/aromatic N) is 2. The molecular weight excluding hydrogens is 212 g/mol. The molecule has 0 bridgehead atoms. The number of hydrogen-bond donors (Lipinski definition) is 0. The zero-order valence-corrected chi connectivity index (χ0v) is 9.92. The van der Waals surface area contributed by atoms with Crippen molar-refractivity contribution in [3.05, 3.63) is 60.2 Å². The van der Waals surface area contributed by atoms with Crippen molar-refractivity contribution < 1.29 is 4.79 Å². The SMILES string of the molecule is CC(C)(C(=O)c1cnccn1)c1ccccc1. The molecule has 86 valence electrons. The van der Waals surface area contributed by atoms with Gasteiger partial charge in [-0.2, -0.15) is 0 Å². The third-order valence-electron chi connectivity index (χ3n) is 2.86. The number of benzene rings is 1. The van der Waals surface area contributed by atoms with Crippen LogP contribution in [0.15, 0.2) is 48.9 Å². The highest BCUT2D eigenvalue weighted by molar-refractivity contribution is 6.01. The van der Waals surface area contributed by atoms with Gasteiger partial charge in [-0.1, -0.05) is 30.3 Å². The number of carbonyl (C=O) groups is 1. The Morgan fingerprint density at radius 3 is 2.41 bits per heavy atom. The van der Waals surface area contributed by atoms with Gasteiger partial charge in [-0.25, -0.2) is 4.98 Å². The first kappa shape index (κ1) is 11.5. The quantitative estimate of drug-likeness (QED) is 0.755. The van der Waals surface area contributed by atoms with Gasteiger partial charge in [0.1, 0.15) is 5.69 Å². The molecule has 2 rings (SSSR count). The van der Waals surface area contributed by atoms with E-state index in [0.29, 0.717) is 5.69 Å². The van der Waals surface area contributed by atoms with Gasteiger partial charge in [0.05, 0.1) is 11.6 Å². The summed E-state index contributed by atoms with van der Waals surface area (Å²) in [7, 11) is 0. The summed E-state index contributed by atoms with van der Waals surface area (Å²) in [5, 5.41) is 0. The van der Waals surface area contributed by atoms with Crippen LogP contribution in [0, 0.1) is 0 Å². The maximum absolute atomic E-state index is 12.4. The summed E-state index contributed by atoms with van der Waals surface area (Å²) in [6.07, 6.45) is 4.60. The lowest BCUT2D eigenvalue weighted by molar-refractivity contribution is 0.0903. The van der Waals surface area contributed by atoms with E-state index in [2.05, 4.69) is 9.97 Å². The highest BCUT2D eigenvalue weighted by Crippen LogP contribution is 2.26. The monoisotopic (exact) mass is 226 g/mol. The van der Waals surface area contributed by atoms with E-state index >= 15 is 0 Å². The summed E-state index contributed by atoms with van der Waals surface area (Å²) < 4.78 is 0. The minimum absolute atomic E-state index is 0.0169. The highest BCUT2D eigenvalue weighted by Gasteiger charge is 2.31. The van der Waals surface area contributed by atoms with Gasteiger partial charge in [-0.15, -0.1) is 0 Å². The first-order valence-electron chi connectivity index (χ1n) is 5.49. The van der Waals surface area contributed by atoms with Crippen molar-refractivity contribution in [1.82, 2.24) is 9.97 Å². The van der Waals surface area contributed by atoms with Gasteiger partial charge >= 0.3 is 0 Å². The Bertz CT molecular complexity index is 506. The molecule has 0 N–H and O–H groups in total. The summed E-state index contributed by atoms with van der Waals surface area (Å²) >= 11 is 0. The van der Waals surface area contributed by atoms with Crippen LogP contribution in [0.5, 0.6) is 0 Å². The maximum atomic E-state index is 12.4. The van der Waals surface area contributed by atoms with Gasteiger partial charge in [0.2, 0.25) is 0 Å². The summed E-state index contributed by atoms with van der Waals surface area (Å²) in [5.74, 6) is -0.0169. The summed E-state index contributed by atoms with van der Waals surface area (Å²) in [6.45, 7) is 3.80. The molecule has 3 heteroatoms. The molecule has 0 aliphatic heterocycles. The van der Waals surface area contributed by atoms with Gasteiger partial charge in [-0.05, 0) is 19.4 Å². The lowest BCUT2D eigenvalue weighted by Gasteiger charge is -2.22. The summed E-state index contributed by atoms with van der Waals surface area (Å²) in [4.78, 5) is 20.4. The molecule has 1 aromatic heterocycles. The topological polar surface area (TPSA) is 42.9 Å². The minimum Gasteiger partial charge on any atom is -0.291 e. The largest absolute Gasteiger partial charge is 0.291 e. The number of carbonyl (C=O) groups excluding carboxylic acids is 1. The Kier molecular flexibility index (Phi) is 3.00. The molecule has 0 aliphatic carbocycles. The van der Waals surface area contributed by atoms with Crippen LogP contribution >= 0.6 is 0 Å². The van der Waals surface area contributed by atoms with E-state index in [1.807, 2.05) is 44.2 Å². The molecule has 1 heterocycles. The first-order chi connectivity index (χ1) is 8.12. The number of aromatic nitrogens is 2. The Morgan fingerprint density at radius 1 is 1.12 bits per heavy atom. The van der Waals surface area contributed by atoms with E-state index in [4.69, 9.17) is 0 Å². The van der Waals surface area contributed by atoms with Gasteiger partial charge in [-0.3, -0.25) is 9.78 Å². The van der Waals surface area contributed by atoms with Crippen LogP contribution in [0.3, 0.4) is 0 Å². The van der Waals surface area contributed by atoms with Gasteiger partial charge in [0, 0.05) is 12.4 Å². The molecule has 0 saturated heterocycles. The van der Waals surface area contributed by atoms with Crippen LogP contribution in [0.2, 0.25) is 0 Å². The van der Waals surface area contributed by atoms with Crippen LogP contribution in [-0.2, 0) is 5.41 Å². The second-order valence-corrected chi connectivity index (χ2v) is 4.41. The van der Waals surface area contributed by atoms with Crippen molar-refractivity contribution in [2.75, 3.05) is 0 Å². The predicted octanol–water partition coefficient (Wildman–Crippen LogP) is 2.64. The molecule has 0 unspecified atom stereocenters. The van der Waals surface area contributed by atoms with Crippen molar-refractivity contribution in [2.45, 2.75) is 19.3 Å². The van der Waals surface area contributed by atoms with E-state index in [-0.39, 0.29) is 5.78 Å². The molecule has 0 atom stereocenters. The molecule has 3 nitrogen and oxygen atoms in total. The van der Waals surface area contributed by atoms with E-state index in [1.165, 1.54) is 12.4 Å². The standard InChI is InChI=1S/C14H14N2O/c1-14(2,11-6-4-3-5-7-11)13(17)12-10-15-8-9-16-12/h3-10H,1-2H3. The zero-order valence-electron chi connectivity index (χ0n) is 9.92. The molecule has 0 amide bonds. The number of hydrogen-bond acceptors (Lipinski definition) is 3. The second kappa shape index (κ2) is 4.45. The lowest BCUT2D eigenvalue weighted by atomic mass is 9.79. The Labute approximate surface area is 101 Å². The van der Waals surface area contributed by atoms with Crippen LogP contribution in [0.4, 0.5) is 0 Å². The van der Waals surface area contributed by atoms with Gasteiger partial charge in [0.15, 0.2) is 5.78 Å². The highest BCUT2D eigenvalue weighted by atomic mass is 16.1. The zero-order chi connectivity index (χ0) is 12.3. The van der Waals surface area contributed by atoms with E-state index in [1.54, 1.807) is 6.20 Å². The molecule has 0 fully saturated rings. The number of rotatable bonds is 3. The van der Waals surface area contributed by atoms with Crippen LogP contribution < -0.4 is 0 Å². The van der Waals surface area contributed by atoms with Crippen molar-refractivity contribution >= 4 is 5.78 Å². The van der Waals surface area contributed by atoms with Crippen LogP contribution in [0.25, 0.3) is 0 Å². The predicted molar refractivity (Wildman–Crippen MR) is 65.8 cm³/mol. The summed E-state index contributed by atoms with van der Waals surface area (Å²) in [6, 6.07) is 9.71. The smallest absolute Gasteiger partial charge is 0.192 e. The molecule has 0 spiro atoms. The van der Waals surface area contributed by atoms with Crippen molar-refractivity contribution in [3.8, 4) is 0 Å². The fraction of sp³-hybridized carbons (Fsp3) is 0.214. The second-order valence-electron chi connectivity index (χ2n) is 4.41. The van der Waals surface area contributed by atoms with E-state index in [9.17, 15) is 4.79 Å². The Morgan fingerprint density at radius 2 is 1.82 bits per heavy atom. The Balaban J connectivity index is 2.37. The Hall–Kier alpha value is -2.03. The third kappa shape index (κ3) is 2.23. The summed E-state index contributed by atoms with van der Waals surface area (Å²) in [5.41, 5.74) is 0.800. The van der Waals surface area contributed by atoms with Crippen LogP contribution in [-0.4, -0.2) is 15.8 Å². The maximum Gasteiger partial charge on any atom is 0.192 e. The van der Waals surface area contributed by atoms with Crippen molar-refractivity contribution in [3.63, 3.8) is 0 Å². The number of Topliss-reactive ketones (excluding diaryl/α,β-unsaturated/α-hetero) is 1. The molecule has 2 aromatic rings. The molecule has 0 aliphatic rings.